The highest BCUT2D eigenvalue weighted by Gasteiger charge is 2.17. The van der Waals surface area contributed by atoms with Crippen molar-refractivity contribution in [3.05, 3.63) is 47.7 Å². The number of aryl methyl sites for hydroxylation is 1. The molecule has 23 heavy (non-hydrogen) atoms. The lowest BCUT2D eigenvalue weighted by molar-refractivity contribution is -0.113. The maximum absolute atomic E-state index is 12.0. The van der Waals surface area contributed by atoms with Gasteiger partial charge in [0.1, 0.15) is 11.6 Å². The van der Waals surface area contributed by atoms with E-state index in [0.29, 0.717) is 18.8 Å². The molecule has 7 heteroatoms. The Labute approximate surface area is 136 Å². The van der Waals surface area contributed by atoms with Crippen molar-refractivity contribution in [2.75, 3.05) is 16.8 Å². The van der Waals surface area contributed by atoms with Crippen molar-refractivity contribution in [2.24, 2.45) is 0 Å². The van der Waals surface area contributed by atoms with Crippen LogP contribution in [-0.4, -0.2) is 35.6 Å². The van der Waals surface area contributed by atoms with Crippen LogP contribution in [0.4, 0.5) is 5.82 Å². The Balaban J connectivity index is 2.10. The monoisotopic (exact) mass is 335 g/mol. The molecule has 2 aromatic rings. The summed E-state index contributed by atoms with van der Waals surface area (Å²) in [4.78, 5) is 12.0. The smallest absolute Gasteiger partial charge is 0.240 e. The van der Waals surface area contributed by atoms with Crippen LogP contribution in [-0.2, 0) is 21.2 Å². The molecule has 1 aromatic carbocycles. The molecule has 1 amide bonds. The summed E-state index contributed by atoms with van der Waals surface area (Å²) >= 11 is 0. The van der Waals surface area contributed by atoms with Gasteiger partial charge in [-0.15, -0.1) is 0 Å². The molecule has 0 fully saturated rings. The van der Waals surface area contributed by atoms with Gasteiger partial charge < -0.3 is 5.32 Å². The van der Waals surface area contributed by atoms with Gasteiger partial charge in [-0.2, -0.15) is 5.10 Å². The first-order valence-corrected chi connectivity index (χ1v) is 9.30. The average Bonchev–Trinajstić information content (AvgIpc) is 2.78. The molecule has 0 spiro atoms. The molecule has 124 valence electrons. The van der Waals surface area contributed by atoms with E-state index in [4.69, 9.17) is 0 Å². The highest BCUT2D eigenvalue weighted by molar-refractivity contribution is 7.92. The van der Waals surface area contributed by atoms with Crippen LogP contribution < -0.4 is 5.32 Å². The number of anilines is 1. The molecule has 0 aliphatic rings. The normalized spacial score (nSPS) is 11.4. The molecule has 0 bridgehead atoms. The first kappa shape index (κ1) is 17.2. The van der Waals surface area contributed by atoms with Crippen molar-refractivity contribution in [3.8, 4) is 0 Å². The quantitative estimate of drug-likeness (QED) is 0.839. The number of carbonyl (C=O) groups is 1. The highest BCUT2D eigenvalue weighted by atomic mass is 32.2. The third-order valence-electron chi connectivity index (χ3n) is 3.21. The molecule has 1 aromatic heterocycles. The standard InChI is InChI=1S/C16H21N3O3S/c1-3-9-23(21,22)12-16(20)17-15-10-13(2)18-19(15)11-14-7-5-4-6-8-14/h4-8,10H,3,9,11-12H2,1-2H3,(H,17,20). The zero-order valence-electron chi connectivity index (χ0n) is 13.3. The van der Waals surface area contributed by atoms with Gasteiger partial charge in [-0.25, -0.2) is 13.1 Å². The fraction of sp³-hybridized carbons (Fsp3) is 0.375. The van der Waals surface area contributed by atoms with Gasteiger partial charge in [0.15, 0.2) is 9.84 Å². The Morgan fingerprint density at radius 1 is 1.26 bits per heavy atom. The van der Waals surface area contributed by atoms with Gasteiger partial charge in [0, 0.05) is 6.07 Å². The molecule has 0 saturated heterocycles. The molecule has 0 aliphatic heterocycles. The first-order chi connectivity index (χ1) is 10.9. The van der Waals surface area contributed by atoms with Crippen LogP contribution in [0.5, 0.6) is 0 Å². The zero-order chi connectivity index (χ0) is 16.9. The second kappa shape index (κ2) is 7.41. The molecule has 0 radical (unpaired) electrons. The number of hydrogen-bond acceptors (Lipinski definition) is 4. The topological polar surface area (TPSA) is 81.1 Å². The minimum Gasteiger partial charge on any atom is -0.310 e. The maximum Gasteiger partial charge on any atom is 0.240 e. The van der Waals surface area contributed by atoms with E-state index in [9.17, 15) is 13.2 Å². The Morgan fingerprint density at radius 3 is 2.61 bits per heavy atom. The first-order valence-electron chi connectivity index (χ1n) is 7.48. The van der Waals surface area contributed by atoms with Crippen LogP contribution in [0.15, 0.2) is 36.4 Å². The van der Waals surface area contributed by atoms with E-state index in [0.717, 1.165) is 11.3 Å². The molecular weight excluding hydrogens is 314 g/mol. The highest BCUT2D eigenvalue weighted by Crippen LogP contribution is 2.13. The lowest BCUT2D eigenvalue weighted by atomic mass is 10.2. The van der Waals surface area contributed by atoms with Gasteiger partial charge in [-0.3, -0.25) is 4.79 Å². The van der Waals surface area contributed by atoms with Crippen molar-refractivity contribution in [2.45, 2.75) is 26.8 Å². The molecule has 6 nitrogen and oxygen atoms in total. The summed E-state index contributed by atoms with van der Waals surface area (Å²) in [6.45, 7) is 4.10. The molecule has 0 saturated carbocycles. The van der Waals surface area contributed by atoms with E-state index >= 15 is 0 Å². The van der Waals surface area contributed by atoms with E-state index in [-0.39, 0.29) is 5.75 Å². The maximum atomic E-state index is 12.0. The van der Waals surface area contributed by atoms with Gasteiger partial charge in [0.05, 0.1) is 18.0 Å². The number of amides is 1. The second-order valence-corrected chi connectivity index (χ2v) is 7.64. The molecule has 2 rings (SSSR count). The Morgan fingerprint density at radius 2 is 1.96 bits per heavy atom. The molecule has 1 heterocycles. The number of hydrogen-bond donors (Lipinski definition) is 1. The van der Waals surface area contributed by atoms with Crippen LogP contribution >= 0.6 is 0 Å². The van der Waals surface area contributed by atoms with E-state index < -0.39 is 21.5 Å². The van der Waals surface area contributed by atoms with E-state index in [2.05, 4.69) is 10.4 Å². The van der Waals surface area contributed by atoms with Crippen LogP contribution in [0.25, 0.3) is 0 Å². The largest absolute Gasteiger partial charge is 0.310 e. The van der Waals surface area contributed by atoms with Crippen molar-refractivity contribution in [3.63, 3.8) is 0 Å². The van der Waals surface area contributed by atoms with Crippen molar-refractivity contribution in [1.29, 1.82) is 0 Å². The van der Waals surface area contributed by atoms with Crippen molar-refractivity contribution < 1.29 is 13.2 Å². The number of nitrogens with one attached hydrogen (secondary N) is 1. The van der Waals surface area contributed by atoms with Crippen molar-refractivity contribution >= 4 is 21.6 Å². The van der Waals surface area contributed by atoms with Crippen LogP contribution in [0.3, 0.4) is 0 Å². The van der Waals surface area contributed by atoms with Gasteiger partial charge in [0.25, 0.3) is 0 Å². The average molecular weight is 335 g/mol. The summed E-state index contributed by atoms with van der Waals surface area (Å²) in [6.07, 6.45) is 0.501. The van der Waals surface area contributed by atoms with Gasteiger partial charge in [0.2, 0.25) is 5.91 Å². The number of rotatable bonds is 7. The molecule has 0 unspecified atom stereocenters. The predicted molar refractivity (Wildman–Crippen MR) is 90.1 cm³/mol. The Bertz CT molecular complexity index is 767. The zero-order valence-corrected chi connectivity index (χ0v) is 14.1. The minimum atomic E-state index is -3.36. The van der Waals surface area contributed by atoms with E-state index in [1.54, 1.807) is 17.7 Å². The molecule has 0 atom stereocenters. The number of benzene rings is 1. The Kier molecular flexibility index (Phi) is 5.54. The van der Waals surface area contributed by atoms with Gasteiger partial charge in [-0.1, -0.05) is 37.3 Å². The molecule has 0 aliphatic carbocycles. The fourth-order valence-electron chi connectivity index (χ4n) is 2.28. The third-order valence-corrected chi connectivity index (χ3v) is 4.94. The van der Waals surface area contributed by atoms with Crippen LogP contribution in [0.1, 0.15) is 24.6 Å². The summed E-state index contributed by atoms with van der Waals surface area (Å²) in [5, 5.41) is 6.99. The van der Waals surface area contributed by atoms with Gasteiger partial charge in [-0.05, 0) is 18.9 Å². The minimum absolute atomic E-state index is 0.0166. The summed E-state index contributed by atoms with van der Waals surface area (Å²) in [5.41, 5.74) is 1.80. The summed E-state index contributed by atoms with van der Waals surface area (Å²) in [5.74, 6) is -0.519. The number of carbonyl (C=O) groups excluding carboxylic acids is 1. The lowest BCUT2D eigenvalue weighted by Crippen LogP contribution is -2.25. The van der Waals surface area contributed by atoms with Gasteiger partial charge >= 0.3 is 0 Å². The second-order valence-electron chi connectivity index (χ2n) is 5.45. The summed E-state index contributed by atoms with van der Waals surface area (Å²) in [7, 11) is -3.36. The summed E-state index contributed by atoms with van der Waals surface area (Å²) in [6, 6.07) is 11.5. The summed E-state index contributed by atoms with van der Waals surface area (Å²) < 4.78 is 25.1. The van der Waals surface area contributed by atoms with E-state index in [1.807, 2.05) is 37.3 Å². The molecule has 1 N–H and O–H groups in total. The lowest BCUT2D eigenvalue weighted by Gasteiger charge is -2.09. The third kappa shape index (κ3) is 5.21. The number of aromatic nitrogens is 2. The predicted octanol–water partition coefficient (Wildman–Crippen LogP) is 2.00. The SMILES string of the molecule is CCCS(=O)(=O)CC(=O)Nc1cc(C)nn1Cc1ccccc1. The number of nitrogens with zero attached hydrogens (tertiary/aromatic N) is 2. The fourth-order valence-corrected chi connectivity index (χ4v) is 3.52. The van der Waals surface area contributed by atoms with Crippen LogP contribution in [0, 0.1) is 6.92 Å². The molecular formula is C16H21N3O3S. The van der Waals surface area contributed by atoms with Crippen LogP contribution in [0.2, 0.25) is 0 Å². The Hall–Kier alpha value is -2.15. The van der Waals surface area contributed by atoms with Crippen molar-refractivity contribution in [1.82, 2.24) is 9.78 Å². The van der Waals surface area contributed by atoms with E-state index in [1.165, 1.54) is 0 Å². The number of sulfone groups is 1.